The lowest BCUT2D eigenvalue weighted by Crippen LogP contribution is -2.44. The van der Waals surface area contributed by atoms with E-state index in [4.69, 9.17) is 0 Å². The first-order chi connectivity index (χ1) is 14.6. The molecule has 1 saturated heterocycles. The van der Waals surface area contributed by atoms with Crippen molar-refractivity contribution in [1.82, 2.24) is 10.3 Å². The predicted octanol–water partition coefficient (Wildman–Crippen LogP) is 3.89. The molecule has 2 aromatic carbocycles. The van der Waals surface area contributed by atoms with Crippen LogP contribution in [0.1, 0.15) is 41.6 Å². The van der Waals surface area contributed by atoms with Crippen LogP contribution in [0.3, 0.4) is 0 Å². The molecule has 0 atom stereocenters. The van der Waals surface area contributed by atoms with Crippen LogP contribution in [0.2, 0.25) is 0 Å². The zero-order valence-corrected chi connectivity index (χ0v) is 18.1. The SMILES string of the molecule is CNN1C(=O)CSc2ccc(C(=O)Nc3ccc(CN4CCCCCC4)cc3)cc21. The van der Waals surface area contributed by atoms with Gasteiger partial charge in [0, 0.05) is 29.7 Å². The molecule has 0 aromatic heterocycles. The Balaban J connectivity index is 1.41. The summed E-state index contributed by atoms with van der Waals surface area (Å²) in [7, 11) is 1.71. The molecule has 0 radical (unpaired) electrons. The molecule has 2 heterocycles. The van der Waals surface area contributed by atoms with Crippen molar-refractivity contribution >= 4 is 35.0 Å². The van der Waals surface area contributed by atoms with E-state index in [1.165, 1.54) is 61.1 Å². The molecule has 6 nitrogen and oxygen atoms in total. The maximum absolute atomic E-state index is 12.8. The van der Waals surface area contributed by atoms with Gasteiger partial charge in [-0.1, -0.05) is 25.0 Å². The Kier molecular flexibility index (Phi) is 6.72. The Bertz CT molecular complexity index is 908. The Labute approximate surface area is 182 Å². The van der Waals surface area contributed by atoms with E-state index in [9.17, 15) is 9.59 Å². The summed E-state index contributed by atoms with van der Waals surface area (Å²) in [6.07, 6.45) is 5.24. The third-order valence-electron chi connectivity index (χ3n) is 5.60. The molecule has 1 fully saturated rings. The van der Waals surface area contributed by atoms with E-state index >= 15 is 0 Å². The number of fused-ring (bicyclic) bond motifs is 1. The first-order valence-corrected chi connectivity index (χ1v) is 11.5. The van der Waals surface area contributed by atoms with Crippen LogP contribution >= 0.6 is 11.8 Å². The third kappa shape index (κ3) is 4.86. The van der Waals surface area contributed by atoms with Crippen LogP contribution in [-0.2, 0) is 11.3 Å². The van der Waals surface area contributed by atoms with Crippen LogP contribution in [0.4, 0.5) is 11.4 Å². The van der Waals surface area contributed by atoms with E-state index in [-0.39, 0.29) is 11.8 Å². The summed E-state index contributed by atoms with van der Waals surface area (Å²) < 4.78 is 0. The van der Waals surface area contributed by atoms with Crippen LogP contribution in [0, 0.1) is 0 Å². The van der Waals surface area contributed by atoms with E-state index in [1.807, 2.05) is 18.2 Å². The van der Waals surface area contributed by atoms with Crippen LogP contribution in [0.25, 0.3) is 0 Å². The normalized spacial score (nSPS) is 17.4. The fourth-order valence-corrected chi connectivity index (χ4v) is 4.86. The molecule has 2 aromatic rings. The topological polar surface area (TPSA) is 64.7 Å². The van der Waals surface area contributed by atoms with E-state index in [1.54, 1.807) is 19.2 Å². The van der Waals surface area contributed by atoms with E-state index in [0.717, 1.165) is 22.8 Å². The molecule has 158 valence electrons. The van der Waals surface area contributed by atoms with Crippen LogP contribution in [-0.4, -0.2) is 42.6 Å². The van der Waals surface area contributed by atoms with E-state index < -0.39 is 0 Å². The zero-order valence-electron chi connectivity index (χ0n) is 17.3. The number of nitrogens with zero attached hydrogens (tertiary/aromatic N) is 2. The molecule has 4 rings (SSSR count). The lowest BCUT2D eigenvalue weighted by atomic mass is 10.1. The Hall–Kier alpha value is -2.35. The lowest BCUT2D eigenvalue weighted by Gasteiger charge is -2.28. The zero-order chi connectivity index (χ0) is 20.9. The van der Waals surface area contributed by atoms with Crippen LogP contribution < -0.4 is 15.8 Å². The van der Waals surface area contributed by atoms with Gasteiger partial charge < -0.3 is 5.32 Å². The number of carbonyl (C=O) groups excluding carboxylic acids is 2. The van der Waals surface area contributed by atoms with Crippen molar-refractivity contribution in [2.75, 3.05) is 36.2 Å². The van der Waals surface area contributed by atoms with Gasteiger partial charge in [-0.15, -0.1) is 11.8 Å². The van der Waals surface area contributed by atoms with E-state index in [0.29, 0.717) is 11.3 Å². The molecule has 2 N–H and O–H groups in total. The van der Waals surface area contributed by atoms with Gasteiger partial charge in [0.1, 0.15) is 0 Å². The van der Waals surface area contributed by atoms with Crippen molar-refractivity contribution in [2.45, 2.75) is 37.1 Å². The number of benzene rings is 2. The largest absolute Gasteiger partial charge is 0.322 e. The Morgan fingerprint density at radius 2 is 1.77 bits per heavy atom. The average Bonchev–Trinajstić information content (AvgIpc) is 3.03. The number of likely N-dealkylation sites (tertiary alicyclic amines) is 1. The molecule has 0 saturated carbocycles. The number of anilines is 2. The van der Waals surface area contributed by atoms with Crippen molar-refractivity contribution in [3.8, 4) is 0 Å². The fraction of sp³-hybridized carbons (Fsp3) is 0.391. The number of hydrazine groups is 1. The maximum atomic E-state index is 12.8. The summed E-state index contributed by atoms with van der Waals surface area (Å²) >= 11 is 1.49. The quantitative estimate of drug-likeness (QED) is 0.762. The molecule has 7 heteroatoms. The Morgan fingerprint density at radius 1 is 1.03 bits per heavy atom. The molecular weight excluding hydrogens is 396 g/mol. The highest BCUT2D eigenvalue weighted by atomic mass is 32.2. The van der Waals surface area contributed by atoms with Crippen LogP contribution in [0.15, 0.2) is 47.4 Å². The highest BCUT2D eigenvalue weighted by Gasteiger charge is 2.25. The second kappa shape index (κ2) is 9.64. The molecule has 0 spiro atoms. The number of thioether (sulfide) groups is 1. The molecule has 2 aliphatic rings. The molecule has 2 aliphatic heterocycles. The Morgan fingerprint density at radius 3 is 2.47 bits per heavy atom. The second-order valence-corrected chi connectivity index (χ2v) is 8.78. The smallest absolute Gasteiger partial charge is 0.255 e. The number of amides is 2. The standard InChI is InChI=1S/C23H28N4O2S/c1-24-27-20-14-18(8-11-21(20)30-16-22(27)28)23(29)25-19-9-6-17(7-10-19)15-26-12-4-2-3-5-13-26/h6-11,14,24H,2-5,12-13,15-16H2,1H3,(H,25,29). The van der Waals surface area contributed by atoms with Gasteiger partial charge in [0.05, 0.1) is 11.4 Å². The third-order valence-corrected chi connectivity index (χ3v) is 6.65. The molecule has 0 unspecified atom stereocenters. The van der Waals surface area contributed by atoms with Gasteiger partial charge in [-0.3, -0.25) is 14.5 Å². The van der Waals surface area contributed by atoms with E-state index in [2.05, 4.69) is 27.8 Å². The minimum absolute atomic E-state index is 0.0208. The minimum Gasteiger partial charge on any atom is -0.322 e. The maximum Gasteiger partial charge on any atom is 0.255 e. The van der Waals surface area contributed by atoms with Crippen molar-refractivity contribution in [2.24, 2.45) is 0 Å². The average molecular weight is 425 g/mol. The summed E-state index contributed by atoms with van der Waals surface area (Å²) in [6, 6.07) is 13.6. The molecule has 2 amide bonds. The summed E-state index contributed by atoms with van der Waals surface area (Å²) in [5.41, 5.74) is 6.19. The van der Waals surface area contributed by atoms with Gasteiger partial charge >= 0.3 is 0 Å². The summed E-state index contributed by atoms with van der Waals surface area (Å²) in [4.78, 5) is 28.4. The highest BCUT2D eigenvalue weighted by molar-refractivity contribution is 8.00. The van der Waals surface area contributed by atoms with Crippen molar-refractivity contribution in [3.05, 3.63) is 53.6 Å². The van der Waals surface area contributed by atoms with Crippen LogP contribution in [0.5, 0.6) is 0 Å². The lowest BCUT2D eigenvalue weighted by molar-refractivity contribution is -0.116. The number of nitrogens with one attached hydrogen (secondary N) is 2. The molecule has 0 aliphatic carbocycles. The summed E-state index contributed by atoms with van der Waals surface area (Å²) in [5.74, 6) is 0.188. The highest BCUT2D eigenvalue weighted by Crippen LogP contribution is 2.35. The first kappa shape index (κ1) is 20.9. The van der Waals surface area contributed by atoms with Crippen molar-refractivity contribution < 1.29 is 9.59 Å². The fourth-order valence-electron chi connectivity index (χ4n) is 3.99. The number of hydrogen-bond donors (Lipinski definition) is 2. The van der Waals surface area contributed by atoms with Gasteiger partial charge in [-0.2, -0.15) is 0 Å². The summed E-state index contributed by atoms with van der Waals surface area (Å²) in [5, 5.41) is 4.47. The van der Waals surface area contributed by atoms with Crippen molar-refractivity contribution in [1.29, 1.82) is 0 Å². The monoisotopic (exact) mass is 424 g/mol. The number of carbonyl (C=O) groups is 2. The molecular formula is C23H28N4O2S. The number of hydrogen-bond acceptors (Lipinski definition) is 5. The van der Waals surface area contributed by atoms with Crippen molar-refractivity contribution in [3.63, 3.8) is 0 Å². The van der Waals surface area contributed by atoms with Gasteiger partial charge in [0.15, 0.2) is 0 Å². The first-order valence-electron chi connectivity index (χ1n) is 10.5. The predicted molar refractivity (Wildman–Crippen MR) is 122 cm³/mol. The van der Waals surface area contributed by atoms with Gasteiger partial charge in [0.2, 0.25) is 0 Å². The summed E-state index contributed by atoms with van der Waals surface area (Å²) in [6.45, 7) is 3.30. The van der Waals surface area contributed by atoms with Gasteiger partial charge in [-0.25, -0.2) is 10.4 Å². The van der Waals surface area contributed by atoms with Gasteiger partial charge in [0.25, 0.3) is 11.8 Å². The number of rotatable bonds is 5. The van der Waals surface area contributed by atoms with Gasteiger partial charge in [-0.05, 0) is 61.8 Å². The molecule has 30 heavy (non-hydrogen) atoms. The second-order valence-electron chi connectivity index (χ2n) is 7.77. The molecule has 0 bridgehead atoms. The minimum atomic E-state index is -0.183.